The number of aromatic amines is 1. The summed E-state index contributed by atoms with van der Waals surface area (Å²) in [6.07, 6.45) is 0.677. The van der Waals surface area contributed by atoms with E-state index < -0.39 is 0 Å². The van der Waals surface area contributed by atoms with Crippen LogP contribution in [0.25, 0.3) is 0 Å². The maximum atomic E-state index is 13.8. The number of hydrogen-bond acceptors (Lipinski definition) is 3. The van der Waals surface area contributed by atoms with Gasteiger partial charge in [-0.3, -0.25) is 9.59 Å². The van der Waals surface area contributed by atoms with Gasteiger partial charge in [-0.05, 0) is 69.0 Å². The average Bonchev–Trinajstić information content (AvgIpc) is 3.68. The van der Waals surface area contributed by atoms with Gasteiger partial charge in [0.1, 0.15) is 0 Å². The molecule has 6 aromatic rings. The third kappa shape index (κ3) is 6.27. The topological polar surface area (TPSA) is 49.9 Å². The molecule has 6 rings (SSSR count). The number of rotatable bonds is 9. The van der Waals surface area contributed by atoms with Crippen LogP contribution in [0.4, 0.5) is 0 Å². The Morgan fingerprint density at radius 3 is 1.68 bits per heavy atom. The van der Waals surface area contributed by atoms with Crippen molar-refractivity contribution in [3.63, 3.8) is 0 Å². The number of carbonyl (C=O) groups is 2. The Morgan fingerprint density at radius 1 is 0.614 bits per heavy atom. The molecular weight excluding hydrogens is 559 g/mol. The smallest absolute Gasteiger partial charge is 0.209 e. The van der Waals surface area contributed by atoms with E-state index in [1.807, 2.05) is 74.5 Å². The molecule has 0 fully saturated rings. The summed E-state index contributed by atoms with van der Waals surface area (Å²) in [5.74, 6) is -0.198. The summed E-state index contributed by atoms with van der Waals surface area (Å²) in [4.78, 5) is 32.6. The molecule has 4 heteroatoms. The molecule has 218 valence electrons. The van der Waals surface area contributed by atoms with Crippen LogP contribution in [0.3, 0.4) is 0 Å². The first-order chi connectivity index (χ1) is 21.2. The average molecular weight is 594 g/mol. The third-order valence-electron chi connectivity index (χ3n) is 8.16. The van der Waals surface area contributed by atoms with Crippen LogP contribution in [0.5, 0.6) is 0 Å². The molecule has 1 unspecified atom stereocenters. The Morgan fingerprint density at radius 2 is 1.11 bits per heavy atom. The quantitative estimate of drug-likeness (QED) is 0.170. The highest BCUT2D eigenvalue weighted by Crippen LogP contribution is 2.39. The van der Waals surface area contributed by atoms with E-state index in [1.165, 1.54) is 28.0 Å². The normalized spacial score (nSPS) is 11.8. The maximum Gasteiger partial charge on any atom is 0.209 e. The lowest BCUT2D eigenvalue weighted by molar-refractivity contribution is 0.103. The minimum atomic E-state index is -0.180. The van der Waals surface area contributed by atoms with Crippen molar-refractivity contribution in [1.29, 1.82) is 0 Å². The van der Waals surface area contributed by atoms with E-state index >= 15 is 0 Å². The van der Waals surface area contributed by atoms with Gasteiger partial charge in [0.2, 0.25) is 11.6 Å². The fourth-order valence-electron chi connectivity index (χ4n) is 5.54. The minimum absolute atomic E-state index is 0.0190. The molecule has 0 aliphatic rings. The number of nitrogens with one attached hydrogen (secondary N) is 1. The molecule has 3 nitrogen and oxygen atoms in total. The zero-order chi connectivity index (χ0) is 30.8. The van der Waals surface area contributed by atoms with E-state index in [1.54, 1.807) is 0 Å². The number of hydrogen-bond donors (Lipinski definition) is 1. The molecule has 44 heavy (non-hydrogen) atoms. The van der Waals surface area contributed by atoms with E-state index in [9.17, 15) is 9.59 Å². The number of ketones is 2. The van der Waals surface area contributed by atoms with Crippen molar-refractivity contribution in [2.24, 2.45) is 0 Å². The van der Waals surface area contributed by atoms with Crippen molar-refractivity contribution in [1.82, 2.24) is 4.98 Å². The summed E-state index contributed by atoms with van der Waals surface area (Å²) in [7, 11) is 0. The number of aryl methyl sites for hydroxylation is 4. The molecule has 4 aromatic carbocycles. The monoisotopic (exact) mass is 593 g/mol. The van der Waals surface area contributed by atoms with Gasteiger partial charge in [-0.2, -0.15) is 0 Å². The van der Waals surface area contributed by atoms with Gasteiger partial charge < -0.3 is 4.98 Å². The van der Waals surface area contributed by atoms with Gasteiger partial charge in [-0.1, -0.05) is 119 Å². The fraction of sp³-hybridized carbons (Fsp3) is 0.150. The van der Waals surface area contributed by atoms with E-state index in [2.05, 4.69) is 73.4 Å². The minimum Gasteiger partial charge on any atom is -0.355 e. The van der Waals surface area contributed by atoms with Crippen LogP contribution in [0, 0.1) is 27.7 Å². The van der Waals surface area contributed by atoms with E-state index in [4.69, 9.17) is 0 Å². The largest absolute Gasteiger partial charge is 0.355 e. The van der Waals surface area contributed by atoms with Gasteiger partial charge in [0.15, 0.2) is 0 Å². The molecule has 0 saturated heterocycles. The van der Waals surface area contributed by atoms with Crippen LogP contribution in [-0.2, 0) is 6.42 Å². The van der Waals surface area contributed by atoms with Crippen LogP contribution in [0.2, 0.25) is 0 Å². The molecule has 0 aliphatic heterocycles. The Hall–Kier alpha value is -4.80. The molecule has 0 bridgehead atoms. The lowest BCUT2D eigenvalue weighted by Crippen LogP contribution is -2.07. The fourth-order valence-corrected chi connectivity index (χ4v) is 6.64. The lowest BCUT2D eigenvalue weighted by Gasteiger charge is -2.18. The zero-order valence-corrected chi connectivity index (χ0v) is 26.3. The summed E-state index contributed by atoms with van der Waals surface area (Å²) in [6, 6.07) is 38.6. The molecule has 0 saturated carbocycles. The van der Waals surface area contributed by atoms with Gasteiger partial charge in [0.05, 0.1) is 16.5 Å². The Kier molecular flexibility index (Phi) is 8.28. The highest BCUT2D eigenvalue weighted by atomic mass is 32.1. The second kappa shape index (κ2) is 12.4. The van der Waals surface area contributed by atoms with Crippen molar-refractivity contribution in [2.45, 2.75) is 40.0 Å². The summed E-state index contributed by atoms with van der Waals surface area (Å²) < 4.78 is 0. The SMILES string of the molecule is Cc1ccc(Cc2cc(C(=O)c3ccc(C)cc3)[nH]c2C(c2ccc(C)cc2)c2ccc(C(=O)c3ccc(C)cc3)s2)cc1. The molecule has 1 atom stereocenters. The summed E-state index contributed by atoms with van der Waals surface area (Å²) in [6.45, 7) is 8.21. The van der Waals surface area contributed by atoms with Crippen molar-refractivity contribution in [2.75, 3.05) is 0 Å². The number of thiophene rings is 1. The summed E-state index contributed by atoms with van der Waals surface area (Å²) in [5, 5.41) is 0. The first kappa shape index (κ1) is 29.3. The maximum absolute atomic E-state index is 13.8. The molecule has 1 N–H and O–H groups in total. The van der Waals surface area contributed by atoms with Crippen molar-refractivity contribution >= 4 is 22.9 Å². The molecular formula is C40H35NO2S. The van der Waals surface area contributed by atoms with Crippen LogP contribution >= 0.6 is 11.3 Å². The van der Waals surface area contributed by atoms with E-state index in [-0.39, 0.29) is 17.5 Å². The van der Waals surface area contributed by atoms with Crippen LogP contribution in [0.1, 0.15) is 86.7 Å². The lowest BCUT2D eigenvalue weighted by atomic mass is 9.89. The van der Waals surface area contributed by atoms with Crippen molar-refractivity contribution in [3.8, 4) is 0 Å². The molecule has 2 heterocycles. The first-order valence-corrected chi connectivity index (χ1v) is 15.7. The van der Waals surface area contributed by atoms with E-state index in [0.717, 1.165) is 32.8 Å². The summed E-state index contributed by atoms with van der Waals surface area (Å²) in [5.41, 5.74) is 10.8. The number of aromatic nitrogens is 1. The second-order valence-corrected chi connectivity index (χ2v) is 12.8. The predicted octanol–water partition coefficient (Wildman–Crippen LogP) is 9.54. The number of benzene rings is 4. The molecule has 2 aromatic heterocycles. The van der Waals surface area contributed by atoms with Crippen molar-refractivity contribution < 1.29 is 9.59 Å². The van der Waals surface area contributed by atoms with Crippen LogP contribution in [0.15, 0.2) is 115 Å². The Labute approximate surface area is 263 Å². The highest BCUT2D eigenvalue weighted by molar-refractivity contribution is 7.14. The second-order valence-electron chi connectivity index (χ2n) is 11.7. The standard InChI is InChI=1S/C40H35NO2S/c1-25-5-13-29(14-6-25)23-33-24-34(39(42)31-17-9-27(3)10-18-31)41-38(33)37(30-15-7-26(2)8-16-30)35-21-22-36(44-35)40(43)32-19-11-28(4)12-20-32/h5-22,24,37,41H,23H2,1-4H3. The highest BCUT2D eigenvalue weighted by Gasteiger charge is 2.27. The Balaban J connectivity index is 1.47. The van der Waals surface area contributed by atoms with Gasteiger partial charge in [0, 0.05) is 21.7 Å². The van der Waals surface area contributed by atoms with Crippen LogP contribution in [-0.4, -0.2) is 16.6 Å². The molecule has 0 spiro atoms. The van der Waals surface area contributed by atoms with Crippen molar-refractivity contribution in [3.05, 3.63) is 186 Å². The zero-order valence-electron chi connectivity index (χ0n) is 25.5. The van der Waals surface area contributed by atoms with Crippen LogP contribution < -0.4 is 0 Å². The van der Waals surface area contributed by atoms with E-state index in [0.29, 0.717) is 28.1 Å². The third-order valence-corrected chi connectivity index (χ3v) is 9.30. The van der Waals surface area contributed by atoms with Gasteiger partial charge >= 0.3 is 0 Å². The molecule has 0 amide bonds. The van der Waals surface area contributed by atoms with Gasteiger partial charge in [-0.25, -0.2) is 0 Å². The van der Waals surface area contributed by atoms with Gasteiger partial charge in [-0.15, -0.1) is 11.3 Å². The predicted molar refractivity (Wildman–Crippen MR) is 180 cm³/mol. The Bertz CT molecular complexity index is 1920. The molecule has 0 aliphatic carbocycles. The molecule has 0 radical (unpaired) electrons. The van der Waals surface area contributed by atoms with Gasteiger partial charge in [0.25, 0.3) is 0 Å². The number of H-pyrrole nitrogens is 1. The first-order valence-electron chi connectivity index (χ1n) is 14.9. The summed E-state index contributed by atoms with van der Waals surface area (Å²) >= 11 is 1.52. The number of carbonyl (C=O) groups excluding carboxylic acids is 2.